The number of nitrogens with zero attached hydrogens (tertiary/aromatic N) is 3. The standard InChI is InChI=1S/C43H48FN3O5/c1-26-17-18-30-22-36(26)50-32-15-10-8-7-9-11-16-33(24-32)51-37-23-31(44)19-20-34(37)28-13-12-14-29(21-28)35-25-38-45-27(2)39(40(30)47(38)46-35)41(42(48)49-6)52-43(3,4)5/h12-14,17-23,25,32-33,41H,7-11,15-16,24H2,1-6H3/t32?,33?,41-/m0/s1. The second kappa shape index (κ2) is 14.7. The lowest BCUT2D eigenvalue weighted by Crippen LogP contribution is -2.30. The number of rotatable bonds is 3. The summed E-state index contributed by atoms with van der Waals surface area (Å²) >= 11 is 0. The second-order valence-electron chi connectivity index (χ2n) is 15.2. The molecule has 1 saturated carbocycles. The molecule has 8 bridgehead atoms. The molecule has 272 valence electrons. The van der Waals surface area contributed by atoms with Crippen LogP contribution < -0.4 is 9.47 Å². The molecule has 2 aliphatic rings. The van der Waals surface area contributed by atoms with Gasteiger partial charge in [-0.3, -0.25) is 0 Å². The number of hydrogen-bond donors (Lipinski definition) is 0. The molecule has 52 heavy (non-hydrogen) atoms. The summed E-state index contributed by atoms with van der Waals surface area (Å²) in [5, 5.41) is 5.14. The number of carbonyl (C=O) groups is 1. The van der Waals surface area contributed by atoms with Crippen LogP contribution in [-0.4, -0.2) is 45.5 Å². The molecule has 3 atom stereocenters. The van der Waals surface area contributed by atoms with E-state index in [1.54, 1.807) is 10.6 Å². The molecule has 0 amide bonds. The van der Waals surface area contributed by atoms with E-state index >= 15 is 0 Å². The highest BCUT2D eigenvalue weighted by molar-refractivity contribution is 5.83. The van der Waals surface area contributed by atoms with E-state index in [0.29, 0.717) is 40.5 Å². The first-order valence-corrected chi connectivity index (χ1v) is 18.5. The first-order valence-electron chi connectivity index (χ1n) is 18.5. The zero-order valence-electron chi connectivity index (χ0n) is 31.0. The highest BCUT2D eigenvalue weighted by Gasteiger charge is 2.34. The van der Waals surface area contributed by atoms with Crippen LogP contribution in [0.25, 0.3) is 39.3 Å². The Kier molecular flexibility index (Phi) is 10.1. The van der Waals surface area contributed by atoms with Crippen molar-refractivity contribution in [2.45, 2.75) is 110 Å². The van der Waals surface area contributed by atoms with Crippen LogP contribution in [0.5, 0.6) is 11.5 Å². The molecule has 0 radical (unpaired) electrons. The molecule has 9 heteroatoms. The van der Waals surface area contributed by atoms with Gasteiger partial charge in [0.15, 0.2) is 11.8 Å². The van der Waals surface area contributed by atoms with E-state index in [1.165, 1.54) is 19.2 Å². The maximum Gasteiger partial charge on any atom is 0.339 e. The second-order valence-corrected chi connectivity index (χ2v) is 15.2. The average molecular weight is 706 g/mol. The van der Waals surface area contributed by atoms with Crippen molar-refractivity contribution in [1.82, 2.24) is 14.6 Å². The lowest BCUT2D eigenvalue weighted by molar-refractivity contribution is -0.164. The fourth-order valence-electron chi connectivity index (χ4n) is 7.48. The molecule has 7 rings (SSSR count). The van der Waals surface area contributed by atoms with Crippen LogP contribution in [-0.2, 0) is 14.3 Å². The van der Waals surface area contributed by atoms with Crippen LogP contribution in [0.1, 0.15) is 95.1 Å². The number of aryl methyl sites for hydroxylation is 2. The summed E-state index contributed by atoms with van der Waals surface area (Å²) in [7, 11) is 1.37. The normalized spacial score (nSPS) is 18.4. The Balaban J connectivity index is 1.50. The van der Waals surface area contributed by atoms with Gasteiger partial charge >= 0.3 is 5.97 Å². The van der Waals surface area contributed by atoms with Crippen LogP contribution >= 0.6 is 0 Å². The van der Waals surface area contributed by atoms with Crippen molar-refractivity contribution in [3.63, 3.8) is 0 Å². The first-order chi connectivity index (χ1) is 25.0. The number of hydrogen-bond acceptors (Lipinski definition) is 7. The number of benzene rings is 3. The summed E-state index contributed by atoms with van der Waals surface area (Å²) in [6, 6.07) is 20.9. The Morgan fingerprint density at radius 2 is 1.58 bits per heavy atom. The van der Waals surface area contributed by atoms with Gasteiger partial charge < -0.3 is 18.9 Å². The summed E-state index contributed by atoms with van der Waals surface area (Å²) in [6.07, 6.45) is 6.56. The summed E-state index contributed by atoms with van der Waals surface area (Å²) in [4.78, 5) is 18.5. The van der Waals surface area contributed by atoms with Crippen molar-refractivity contribution >= 4 is 11.6 Å². The Bertz CT molecular complexity index is 2100. The lowest BCUT2D eigenvalue weighted by Gasteiger charge is -2.29. The van der Waals surface area contributed by atoms with E-state index in [2.05, 4.69) is 6.07 Å². The maximum absolute atomic E-state index is 14.9. The van der Waals surface area contributed by atoms with Crippen LogP contribution in [0.4, 0.5) is 4.39 Å². The maximum atomic E-state index is 14.9. The molecule has 1 aliphatic heterocycles. The molecule has 0 N–H and O–H groups in total. The van der Waals surface area contributed by atoms with Crippen molar-refractivity contribution in [3.8, 4) is 45.1 Å². The molecule has 1 aliphatic carbocycles. The van der Waals surface area contributed by atoms with Gasteiger partial charge in [0.05, 0.1) is 24.1 Å². The number of carbonyl (C=O) groups excluding carboxylic acids is 1. The quantitative estimate of drug-likeness (QED) is 0.173. The van der Waals surface area contributed by atoms with E-state index in [-0.39, 0.29) is 18.0 Å². The van der Waals surface area contributed by atoms with Gasteiger partial charge in [-0.25, -0.2) is 18.7 Å². The largest absolute Gasteiger partial charge is 0.490 e. The molecule has 3 aromatic carbocycles. The molecular weight excluding hydrogens is 657 g/mol. The Morgan fingerprint density at radius 3 is 2.31 bits per heavy atom. The van der Waals surface area contributed by atoms with Gasteiger partial charge in [-0.05, 0) is 95.7 Å². The third-order valence-corrected chi connectivity index (χ3v) is 10.0. The fraction of sp³-hybridized carbons (Fsp3) is 0.419. The highest BCUT2D eigenvalue weighted by Crippen LogP contribution is 2.40. The number of esters is 1. The van der Waals surface area contributed by atoms with Gasteiger partial charge in [-0.15, -0.1) is 0 Å². The first kappa shape index (κ1) is 35.6. The predicted molar refractivity (Wildman–Crippen MR) is 200 cm³/mol. The SMILES string of the molecule is COC(=O)[C@@H](OC(C)(C)C)c1c(C)nc2cc3nn2c1-c1ccc(C)c(c1)OC1CCCCCCCC(C1)Oc1cc(F)ccc1-c1cccc-3c1. The van der Waals surface area contributed by atoms with Crippen molar-refractivity contribution < 1.29 is 28.1 Å². The van der Waals surface area contributed by atoms with E-state index in [4.69, 9.17) is 29.0 Å². The topological polar surface area (TPSA) is 84.2 Å². The third-order valence-electron chi connectivity index (χ3n) is 10.0. The minimum absolute atomic E-state index is 0.130. The number of fused-ring (bicyclic) bond motifs is 11. The van der Waals surface area contributed by atoms with Crippen LogP contribution in [0.15, 0.2) is 66.7 Å². The van der Waals surface area contributed by atoms with Crippen molar-refractivity contribution in [2.75, 3.05) is 7.11 Å². The van der Waals surface area contributed by atoms with Gasteiger partial charge in [0.2, 0.25) is 0 Å². The van der Waals surface area contributed by atoms with E-state index < -0.39 is 17.7 Å². The van der Waals surface area contributed by atoms with E-state index in [1.807, 2.05) is 77.1 Å². The lowest BCUT2D eigenvalue weighted by atomic mass is 9.96. The molecule has 3 heterocycles. The highest BCUT2D eigenvalue weighted by atomic mass is 19.1. The van der Waals surface area contributed by atoms with Gasteiger partial charge in [-0.1, -0.05) is 49.6 Å². The summed E-state index contributed by atoms with van der Waals surface area (Å²) < 4.78 is 42.2. The summed E-state index contributed by atoms with van der Waals surface area (Å²) in [5.74, 6) is 0.400. The molecule has 2 unspecified atom stereocenters. The third kappa shape index (κ3) is 7.56. The van der Waals surface area contributed by atoms with Crippen LogP contribution in [0.3, 0.4) is 0 Å². The van der Waals surface area contributed by atoms with E-state index in [0.717, 1.165) is 78.5 Å². The molecule has 0 saturated heterocycles. The van der Waals surface area contributed by atoms with Crippen molar-refractivity contribution in [2.24, 2.45) is 0 Å². The van der Waals surface area contributed by atoms with Gasteiger partial charge in [0.1, 0.15) is 29.5 Å². The summed E-state index contributed by atoms with van der Waals surface area (Å²) in [6.45, 7) is 9.67. The minimum Gasteiger partial charge on any atom is -0.490 e. The van der Waals surface area contributed by atoms with Crippen molar-refractivity contribution in [1.29, 1.82) is 0 Å². The predicted octanol–water partition coefficient (Wildman–Crippen LogP) is 10.2. The van der Waals surface area contributed by atoms with Crippen molar-refractivity contribution in [3.05, 3.63) is 89.4 Å². The Labute approximate surface area is 305 Å². The van der Waals surface area contributed by atoms with E-state index in [9.17, 15) is 9.18 Å². The van der Waals surface area contributed by atoms with Gasteiger partial charge in [-0.2, -0.15) is 5.10 Å². The zero-order valence-corrected chi connectivity index (χ0v) is 31.0. The zero-order chi connectivity index (χ0) is 36.6. The van der Waals surface area contributed by atoms with Gasteiger partial charge in [0, 0.05) is 46.5 Å². The number of methoxy groups -OCH3 is 1. The minimum atomic E-state index is -1.07. The molecule has 0 spiro atoms. The average Bonchev–Trinajstić information content (AvgIpc) is 3.53. The molecule has 5 aromatic rings. The Morgan fingerprint density at radius 1 is 0.865 bits per heavy atom. The number of ether oxygens (including phenoxy) is 4. The number of aromatic nitrogens is 3. The smallest absolute Gasteiger partial charge is 0.339 e. The fourth-order valence-corrected chi connectivity index (χ4v) is 7.48. The monoisotopic (exact) mass is 705 g/mol. The molecular formula is C43H48FN3O5. The van der Waals surface area contributed by atoms with Crippen LogP contribution in [0, 0.1) is 19.7 Å². The molecule has 1 fully saturated rings. The Hall–Kier alpha value is -4.76. The number of halogens is 1. The molecule has 8 nitrogen and oxygen atoms in total. The molecule has 2 aromatic heterocycles. The summed E-state index contributed by atoms with van der Waals surface area (Å²) in [5.41, 5.74) is 6.85. The van der Waals surface area contributed by atoms with Crippen LogP contribution in [0.2, 0.25) is 0 Å². The van der Waals surface area contributed by atoms with Gasteiger partial charge in [0.25, 0.3) is 0 Å².